The van der Waals surface area contributed by atoms with E-state index in [1.54, 1.807) is 24.3 Å². The molecule has 1 aromatic carbocycles. The topological polar surface area (TPSA) is 76.3 Å². The van der Waals surface area contributed by atoms with Gasteiger partial charge in [-0.1, -0.05) is 28.5 Å². The Labute approximate surface area is 135 Å². The fraction of sp³-hybridized carbons (Fsp3) is 0.286. The van der Waals surface area contributed by atoms with Crippen molar-refractivity contribution in [3.63, 3.8) is 0 Å². The van der Waals surface area contributed by atoms with Crippen molar-refractivity contribution in [2.24, 2.45) is 0 Å². The average Bonchev–Trinajstić information content (AvgIpc) is 3.06. The number of aromatic nitrogens is 2. The van der Waals surface area contributed by atoms with Crippen LogP contribution in [-0.2, 0) is 9.59 Å². The summed E-state index contributed by atoms with van der Waals surface area (Å²) in [4.78, 5) is 24.6. The highest BCUT2D eigenvalue weighted by molar-refractivity contribution is 8.14. The summed E-state index contributed by atoms with van der Waals surface area (Å²) in [5.74, 6) is 0.201. The van der Waals surface area contributed by atoms with Gasteiger partial charge in [-0.25, -0.2) is 0 Å². The first-order chi connectivity index (χ1) is 10.5. The first-order valence-corrected chi connectivity index (χ1v) is 7.85. The Balaban J connectivity index is 1.77. The van der Waals surface area contributed by atoms with E-state index in [4.69, 9.17) is 16.0 Å². The highest BCUT2D eigenvalue weighted by Gasteiger charge is 2.34. The average molecular weight is 338 g/mol. The van der Waals surface area contributed by atoms with Gasteiger partial charge in [0.05, 0.1) is 0 Å². The third-order valence-corrected chi connectivity index (χ3v) is 4.39. The largest absolute Gasteiger partial charge is 0.403 e. The molecular weight excluding hydrogens is 326 g/mol. The molecule has 0 spiro atoms. The second-order valence-corrected chi connectivity index (χ2v) is 6.75. The summed E-state index contributed by atoms with van der Waals surface area (Å²) in [5, 5.41) is 8.41. The number of anilines is 1. The zero-order valence-corrected chi connectivity index (χ0v) is 13.2. The number of hydrogen-bond donors (Lipinski definition) is 0. The third-order valence-electron chi connectivity index (χ3n) is 3.16. The Morgan fingerprint density at radius 2 is 2.09 bits per heavy atom. The number of carbonyl (C=O) groups excluding carboxylic acids is 2. The van der Waals surface area contributed by atoms with Crippen molar-refractivity contribution in [3.05, 3.63) is 29.3 Å². The van der Waals surface area contributed by atoms with E-state index >= 15 is 0 Å². The van der Waals surface area contributed by atoms with E-state index in [1.807, 2.05) is 0 Å². The van der Waals surface area contributed by atoms with E-state index < -0.39 is 0 Å². The van der Waals surface area contributed by atoms with Crippen LogP contribution < -0.4 is 4.90 Å². The molecule has 114 valence electrons. The summed E-state index contributed by atoms with van der Waals surface area (Å²) in [7, 11) is 0. The van der Waals surface area contributed by atoms with Crippen molar-refractivity contribution in [1.29, 1.82) is 0 Å². The van der Waals surface area contributed by atoms with Crippen molar-refractivity contribution in [2.45, 2.75) is 18.6 Å². The fourth-order valence-corrected chi connectivity index (χ4v) is 3.25. The Bertz CT molecular complexity index is 716. The van der Waals surface area contributed by atoms with E-state index in [2.05, 4.69) is 10.2 Å². The molecule has 2 aromatic rings. The lowest BCUT2D eigenvalue weighted by Gasteiger charge is -2.09. The van der Waals surface area contributed by atoms with E-state index in [0.29, 0.717) is 23.9 Å². The molecule has 1 aliphatic rings. The van der Waals surface area contributed by atoms with Gasteiger partial charge in [0.1, 0.15) is 0 Å². The zero-order chi connectivity index (χ0) is 15.7. The van der Waals surface area contributed by atoms with Crippen LogP contribution in [0.3, 0.4) is 0 Å². The van der Waals surface area contributed by atoms with Crippen molar-refractivity contribution in [2.75, 3.05) is 11.4 Å². The molecule has 0 saturated carbocycles. The van der Waals surface area contributed by atoms with Gasteiger partial charge in [0.25, 0.3) is 0 Å². The van der Waals surface area contributed by atoms with Crippen molar-refractivity contribution >= 4 is 40.4 Å². The highest BCUT2D eigenvalue weighted by Crippen LogP contribution is 2.30. The molecule has 0 N–H and O–H groups in total. The van der Waals surface area contributed by atoms with Gasteiger partial charge in [-0.15, -0.1) is 5.10 Å². The molecule has 1 fully saturated rings. The van der Waals surface area contributed by atoms with E-state index in [9.17, 15) is 9.59 Å². The van der Waals surface area contributed by atoms with Gasteiger partial charge in [0.15, 0.2) is 5.12 Å². The van der Waals surface area contributed by atoms with Gasteiger partial charge in [0.2, 0.25) is 11.8 Å². The number of amides is 1. The Hall–Kier alpha value is -1.86. The maximum Gasteiger partial charge on any atom is 0.325 e. The maximum atomic E-state index is 12.0. The number of carbonyl (C=O) groups is 2. The Morgan fingerprint density at radius 3 is 2.77 bits per heavy atom. The van der Waals surface area contributed by atoms with Crippen molar-refractivity contribution < 1.29 is 14.0 Å². The van der Waals surface area contributed by atoms with Crippen LogP contribution >= 0.6 is 23.4 Å². The molecule has 22 heavy (non-hydrogen) atoms. The number of halogens is 1. The molecule has 2 heterocycles. The first kappa shape index (κ1) is 15.1. The number of rotatable bonds is 3. The third kappa shape index (κ3) is 3.15. The van der Waals surface area contributed by atoms with Gasteiger partial charge in [-0.2, -0.15) is 0 Å². The monoisotopic (exact) mass is 337 g/mol. The molecule has 6 nitrogen and oxygen atoms in total. The Morgan fingerprint density at radius 1 is 1.36 bits per heavy atom. The molecule has 0 aliphatic carbocycles. The van der Waals surface area contributed by atoms with Crippen molar-refractivity contribution in [1.82, 2.24) is 10.2 Å². The minimum atomic E-state index is -0.120. The van der Waals surface area contributed by atoms with E-state index in [-0.39, 0.29) is 22.3 Å². The molecule has 1 atom stereocenters. The Kier molecular flexibility index (Phi) is 4.17. The molecule has 1 amide bonds. The van der Waals surface area contributed by atoms with Gasteiger partial charge < -0.3 is 4.42 Å². The standard InChI is InChI=1S/C14H12ClN3O3S/c1-8(19)22-11-6-12(20)18(7-11)14-17-16-13(21-14)9-2-4-10(15)5-3-9/h2-5,11H,6-7H2,1H3. The van der Waals surface area contributed by atoms with Gasteiger partial charge in [-0.05, 0) is 24.3 Å². The normalized spacial score (nSPS) is 18.0. The second kappa shape index (κ2) is 6.10. The first-order valence-electron chi connectivity index (χ1n) is 6.60. The van der Waals surface area contributed by atoms with Crippen LogP contribution in [0.5, 0.6) is 0 Å². The summed E-state index contributed by atoms with van der Waals surface area (Å²) in [6.07, 6.45) is 0.295. The molecule has 1 unspecified atom stereocenters. The van der Waals surface area contributed by atoms with Gasteiger partial charge >= 0.3 is 6.01 Å². The van der Waals surface area contributed by atoms with Crippen LogP contribution in [0.2, 0.25) is 5.02 Å². The zero-order valence-electron chi connectivity index (χ0n) is 11.7. The summed E-state index contributed by atoms with van der Waals surface area (Å²) in [6.45, 7) is 1.88. The van der Waals surface area contributed by atoms with Crippen LogP contribution in [0.4, 0.5) is 6.01 Å². The molecular formula is C14H12ClN3O3S. The molecule has 3 rings (SSSR count). The van der Waals surface area contributed by atoms with Crippen LogP contribution in [-0.4, -0.2) is 33.0 Å². The molecule has 1 aliphatic heterocycles. The molecule has 8 heteroatoms. The van der Waals surface area contributed by atoms with Crippen LogP contribution in [0.1, 0.15) is 13.3 Å². The predicted octanol–water partition coefficient (Wildman–Crippen LogP) is 2.78. The predicted molar refractivity (Wildman–Crippen MR) is 83.8 cm³/mol. The lowest BCUT2D eigenvalue weighted by atomic mass is 10.2. The molecule has 1 aromatic heterocycles. The minimum absolute atomic E-state index is 0.00738. The van der Waals surface area contributed by atoms with Crippen LogP contribution in [0.15, 0.2) is 28.7 Å². The lowest BCUT2D eigenvalue weighted by Crippen LogP contribution is -2.25. The number of benzene rings is 1. The summed E-state index contributed by atoms with van der Waals surface area (Å²) in [5.41, 5.74) is 0.726. The summed E-state index contributed by atoms with van der Waals surface area (Å²) >= 11 is 7.00. The quantitative estimate of drug-likeness (QED) is 0.857. The molecule has 0 bridgehead atoms. The van der Waals surface area contributed by atoms with Gasteiger partial charge in [-0.3, -0.25) is 14.5 Å². The van der Waals surface area contributed by atoms with E-state index in [1.165, 1.54) is 11.8 Å². The number of thioether (sulfide) groups is 1. The fourth-order valence-electron chi connectivity index (χ4n) is 2.21. The van der Waals surface area contributed by atoms with Crippen LogP contribution in [0.25, 0.3) is 11.5 Å². The summed E-state index contributed by atoms with van der Waals surface area (Å²) in [6, 6.07) is 7.13. The highest BCUT2D eigenvalue weighted by atomic mass is 35.5. The minimum Gasteiger partial charge on any atom is -0.403 e. The van der Waals surface area contributed by atoms with E-state index in [0.717, 1.165) is 17.3 Å². The summed E-state index contributed by atoms with van der Waals surface area (Å²) < 4.78 is 5.56. The second-order valence-electron chi connectivity index (χ2n) is 4.84. The molecule has 0 radical (unpaired) electrons. The van der Waals surface area contributed by atoms with Crippen LogP contribution in [0, 0.1) is 0 Å². The SMILES string of the molecule is CC(=O)SC1CC(=O)N(c2nnc(-c3ccc(Cl)cc3)o2)C1. The smallest absolute Gasteiger partial charge is 0.325 e. The maximum absolute atomic E-state index is 12.0. The van der Waals surface area contributed by atoms with Crippen molar-refractivity contribution in [3.8, 4) is 11.5 Å². The number of hydrogen-bond acceptors (Lipinski definition) is 6. The van der Waals surface area contributed by atoms with Gasteiger partial charge in [0, 0.05) is 35.7 Å². The molecule has 1 saturated heterocycles. The lowest BCUT2D eigenvalue weighted by molar-refractivity contribution is -0.117. The number of nitrogens with zero attached hydrogens (tertiary/aromatic N) is 3.